The van der Waals surface area contributed by atoms with E-state index in [0.717, 1.165) is 12.1 Å². The zero-order chi connectivity index (χ0) is 10.3. The summed E-state index contributed by atoms with van der Waals surface area (Å²) in [6.07, 6.45) is 1.62. The van der Waals surface area contributed by atoms with Crippen LogP contribution in [0.25, 0.3) is 0 Å². The van der Waals surface area contributed by atoms with E-state index in [0.29, 0.717) is 17.8 Å². The number of nitrogens with zero attached hydrogens (tertiary/aromatic N) is 2. The second-order valence-electron chi connectivity index (χ2n) is 4.11. The predicted octanol–water partition coefficient (Wildman–Crippen LogP) is 1.28. The average molecular weight is 195 g/mol. The molecule has 0 amide bonds. The minimum atomic E-state index is 0.249. The highest BCUT2D eigenvalue weighted by molar-refractivity contribution is 5.32. The van der Waals surface area contributed by atoms with Crippen LogP contribution in [0.1, 0.15) is 31.9 Å². The Hall–Kier alpha value is -1.03. The Morgan fingerprint density at radius 1 is 1.57 bits per heavy atom. The van der Waals surface area contributed by atoms with Gasteiger partial charge in [0, 0.05) is 19.0 Å². The van der Waals surface area contributed by atoms with Gasteiger partial charge in [-0.2, -0.15) is 5.10 Å². The highest BCUT2D eigenvalue weighted by atomic mass is 16.5. The number of nitrogens with two attached hydrogens (primary N) is 1. The standard InChI is InChI=1S/C10H17N3O/c1-6-4-8(7(2)14-6)9-5-10(11)13(3)12-9/h5-8H,4,11H2,1-3H3. The molecule has 2 N–H and O–H groups in total. The first-order chi connectivity index (χ1) is 6.58. The van der Waals surface area contributed by atoms with E-state index >= 15 is 0 Å². The van der Waals surface area contributed by atoms with Crippen molar-refractivity contribution in [2.24, 2.45) is 7.05 Å². The summed E-state index contributed by atoms with van der Waals surface area (Å²) in [4.78, 5) is 0. The van der Waals surface area contributed by atoms with Crippen LogP contribution in [0.4, 0.5) is 5.82 Å². The molecule has 4 nitrogen and oxygen atoms in total. The average Bonchev–Trinajstić information content (AvgIpc) is 2.57. The van der Waals surface area contributed by atoms with E-state index in [1.165, 1.54) is 0 Å². The van der Waals surface area contributed by atoms with Crippen molar-refractivity contribution < 1.29 is 4.74 Å². The molecule has 1 saturated heterocycles. The van der Waals surface area contributed by atoms with E-state index in [-0.39, 0.29) is 6.10 Å². The molecular formula is C10H17N3O. The lowest BCUT2D eigenvalue weighted by molar-refractivity contribution is 0.0629. The Kier molecular flexibility index (Phi) is 2.23. The van der Waals surface area contributed by atoms with Crippen molar-refractivity contribution in [3.8, 4) is 0 Å². The molecule has 1 aromatic heterocycles. The van der Waals surface area contributed by atoms with Crippen molar-refractivity contribution in [2.75, 3.05) is 5.73 Å². The van der Waals surface area contributed by atoms with Gasteiger partial charge < -0.3 is 10.5 Å². The van der Waals surface area contributed by atoms with E-state index in [4.69, 9.17) is 10.5 Å². The largest absolute Gasteiger partial charge is 0.384 e. The van der Waals surface area contributed by atoms with Crippen LogP contribution in [0.3, 0.4) is 0 Å². The number of rotatable bonds is 1. The highest BCUT2D eigenvalue weighted by Crippen LogP contribution is 2.34. The zero-order valence-electron chi connectivity index (χ0n) is 8.90. The van der Waals surface area contributed by atoms with Crippen molar-refractivity contribution >= 4 is 5.82 Å². The van der Waals surface area contributed by atoms with Crippen molar-refractivity contribution in [1.82, 2.24) is 9.78 Å². The lowest BCUT2D eigenvalue weighted by Crippen LogP contribution is -2.10. The lowest BCUT2D eigenvalue weighted by atomic mass is 9.97. The highest BCUT2D eigenvalue weighted by Gasteiger charge is 2.32. The molecule has 1 fully saturated rings. The van der Waals surface area contributed by atoms with Gasteiger partial charge in [-0.15, -0.1) is 0 Å². The molecule has 0 saturated carbocycles. The lowest BCUT2D eigenvalue weighted by Gasteiger charge is -2.10. The van der Waals surface area contributed by atoms with Crippen LogP contribution in [-0.4, -0.2) is 22.0 Å². The molecule has 4 heteroatoms. The predicted molar refractivity (Wildman–Crippen MR) is 55.0 cm³/mol. The molecular weight excluding hydrogens is 178 g/mol. The van der Waals surface area contributed by atoms with Gasteiger partial charge in [0.1, 0.15) is 5.82 Å². The number of nitrogen functional groups attached to an aromatic ring is 1. The normalized spacial score (nSPS) is 32.4. The summed E-state index contributed by atoms with van der Waals surface area (Å²) < 4.78 is 7.40. The van der Waals surface area contributed by atoms with Crippen molar-refractivity contribution in [1.29, 1.82) is 0 Å². The number of ether oxygens (including phenoxy) is 1. The summed E-state index contributed by atoms with van der Waals surface area (Å²) in [7, 11) is 1.86. The zero-order valence-corrected chi connectivity index (χ0v) is 8.90. The van der Waals surface area contributed by atoms with Gasteiger partial charge in [0.15, 0.2) is 0 Å². The summed E-state index contributed by atoms with van der Waals surface area (Å²) in [5.74, 6) is 1.11. The Bertz CT molecular complexity index is 315. The van der Waals surface area contributed by atoms with Gasteiger partial charge in [-0.05, 0) is 20.3 Å². The second kappa shape index (κ2) is 3.28. The fraction of sp³-hybridized carbons (Fsp3) is 0.700. The van der Waals surface area contributed by atoms with Crippen molar-refractivity contribution in [2.45, 2.75) is 38.4 Å². The molecule has 2 heterocycles. The van der Waals surface area contributed by atoms with Gasteiger partial charge >= 0.3 is 0 Å². The molecule has 1 aromatic rings. The van der Waals surface area contributed by atoms with Crippen LogP contribution in [0, 0.1) is 0 Å². The molecule has 0 radical (unpaired) electrons. The summed E-state index contributed by atoms with van der Waals surface area (Å²) in [6, 6.07) is 1.95. The summed E-state index contributed by atoms with van der Waals surface area (Å²) >= 11 is 0. The Morgan fingerprint density at radius 3 is 2.71 bits per heavy atom. The van der Waals surface area contributed by atoms with Crippen molar-refractivity contribution in [3.05, 3.63) is 11.8 Å². The van der Waals surface area contributed by atoms with Gasteiger partial charge in [0.2, 0.25) is 0 Å². The molecule has 3 unspecified atom stereocenters. The number of anilines is 1. The smallest absolute Gasteiger partial charge is 0.121 e. The third kappa shape index (κ3) is 1.50. The molecule has 78 valence electrons. The first-order valence-electron chi connectivity index (χ1n) is 5.03. The third-order valence-electron chi connectivity index (χ3n) is 2.91. The SMILES string of the molecule is CC1CC(c2cc(N)n(C)n2)C(C)O1. The van der Waals surface area contributed by atoms with Crippen LogP contribution in [-0.2, 0) is 11.8 Å². The van der Waals surface area contributed by atoms with E-state index in [1.807, 2.05) is 13.1 Å². The van der Waals surface area contributed by atoms with E-state index in [9.17, 15) is 0 Å². The molecule has 2 rings (SSSR count). The van der Waals surface area contributed by atoms with Gasteiger partial charge in [0.25, 0.3) is 0 Å². The minimum absolute atomic E-state index is 0.249. The maximum absolute atomic E-state index is 5.75. The van der Waals surface area contributed by atoms with Gasteiger partial charge in [-0.3, -0.25) is 4.68 Å². The second-order valence-corrected chi connectivity index (χ2v) is 4.11. The van der Waals surface area contributed by atoms with E-state index in [2.05, 4.69) is 18.9 Å². The molecule has 0 bridgehead atoms. The first-order valence-corrected chi connectivity index (χ1v) is 5.03. The van der Waals surface area contributed by atoms with Crippen LogP contribution in [0.2, 0.25) is 0 Å². The maximum Gasteiger partial charge on any atom is 0.121 e. The molecule has 1 aliphatic rings. The summed E-state index contributed by atoms with van der Waals surface area (Å²) in [5, 5.41) is 4.39. The van der Waals surface area contributed by atoms with Gasteiger partial charge in [-0.25, -0.2) is 0 Å². The fourth-order valence-corrected chi connectivity index (χ4v) is 2.11. The Balaban J connectivity index is 2.23. The molecule has 0 spiro atoms. The molecule has 3 atom stereocenters. The summed E-state index contributed by atoms with van der Waals surface area (Å²) in [6.45, 7) is 4.20. The summed E-state index contributed by atoms with van der Waals surface area (Å²) in [5.41, 5.74) is 6.81. The topological polar surface area (TPSA) is 53.1 Å². The molecule has 14 heavy (non-hydrogen) atoms. The van der Waals surface area contributed by atoms with Gasteiger partial charge in [0.05, 0.1) is 17.9 Å². The minimum Gasteiger partial charge on any atom is -0.384 e. The monoisotopic (exact) mass is 195 g/mol. The Morgan fingerprint density at radius 2 is 2.29 bits per heavy atom. The third-order valence-corrected chi connectivity index (χ3v) is 2.91. The molecule has 0 aromatic carbocycles. The van der Waals surface area contributed by atoms with Crippen molar-refractivity contribution in [3.63, 3.8) is 0 Å². The number of hydrogen-bond donors (Lipinski definition) is 1. The number of aromatic nitrogens is 2. The van der Waals surface area contributed by atoms with Gasteiger partial charge in [-0.1, -0.05) is 0 Å². The van der Waals surface area contributed by atoms with Crippen LogP contribution < -0.4 is 5.73 Å². The van der Waals surface area contributed by atoms with Crippen LogP contribution in [0.15, 0.2) is 6.07 Å². The maximum atomic E-state index is 5.75. The number of aryl methyl sites for hydroxylation is 1. The Labute approximate surface area is 84.0 Å². The van der Waals surface area contributed by atoms with Crippen LogP contribution in [0.5, 0.6) is 0 Å². The van der Waals surface area contributed by atoms with E-state index in [1.54, 1.807) is 4.68 Å². The quantitative estimate of drug-likeness (QED) is 0.734. The fourth-order valence-electron chi connectivity index (χ4n) is 2.11. The van der Waals surface area contributed by atoms with Crippen LogP contribution >= 0.6 is 0 Å². The molecule has 1 aliphatic heterocycles. The number of hydrogen-bond acceptors (Lipinski definition) is 3. The first kappa shape index (κ1) is 9.52. The molecule has 0 aliphatic carbocycles. The van der Waals surface area contributed by atoms with E-state index < -0.39 is 0 Å².